The lowest BCUT2D eigenvalue weighted by Gasteiger charge is -2.23. The number of hydrogen-bond acceptors (Lipinski definition) is 4. The first kappa shape index (κ1) is 20.7. The van der Waals surface area contributed by atoms with Gasteiger partial charge in [0, 0.05) is 17.4 Å². The van der Waals surface area contributed by atoms with Gasteiger partial charge in [-0.1, -0.05) is 39.0 Å². The summed E-state index contributed by atoms with van der Waals surface area (Å²) >= 11 is 0. The molecule has 2 N–H and O–H groups in total. The summed E-state index contributed by atoms with van der Waals surface area (Å²) in [6, 6.07) is 13.0. The number of benzene rings is 2. The van der Waals surface area contributed by atoms with Crippen molar-refractivity contribution in [1.29, 1.82) is 0 Å². The van der Waals surface area contributed by atoms with Crippen molar-refractivity contribution in [2.24, 2.45) is 11.8 Å². The lowest BCUT2D eigenvalue weighted by molar-refractivity contribution is -0.122. The molecule has 3 rings (SSSR count). The van der Waals surface area contributed by atoms with E-state index in [0.717, 1.165) is 11.3 Å². The SMILES string of the molecule is COc1ccc(NC(=O)C2CC2C(=O)Nc2ccccc2C(C)(C)C)cc1OC. The maximum atomic E-state index is 12.7. The van der Waals surface area contributed by atoms with Crippen LogP contribution in [0.1, 0.15) is 32.8 Å². The van der Waals surface area contributed by atoms with Crippen LogP contribution in [0.15, 0.2) is 42.5 Å². The molecule has 2 aromatic carbocycles. The molecular formula is C23H28N2O4. The van der Waals surface area contributed by atoms with Gasteiger partial charge in [0.05, 0.1) is 26.1 Å². The molecule has 0 spiro atoms. The molecule has 29 heavy (non-hydrogen) atoms. The maximum Gasteiger partial charge on any atom is 0.228 e. The van der Waals surface area contributed by atoms with Crippen LogP contribution in [0.4, 0.5) is 11.4 Å². The molecule has 6 heteroatoms. The Labute approximate surface area is 171 Å². The molecule has 6 nitrogen and oxygen atoms in total. The molecule has 2 atom stereocenters. The van der Waals surface area contributed by atoms with Crippen molar-refractivity contribution >= 4 is 23.2 Å². The molecule has 0 bridgehead atoms. The van der Waals surface area contributed by atoms with Crippen molar-refractivity contribution in [3.63, 3.8) is 0 Å². The Kier molecular flexibility index (Phi) is 5.82. The van der Waals surface area contributed by atoms with Gasteiger partial charge in [-0.2, -0.15) is 0 Å². The van der Waals surface area contributed by atoms with Crippen LogP contribution >= 0.6 is 0 Å². The Morgan fingerprint density at radius 3 is 2.14 bits per heavy atom. The fourth-order valence-corrected chi connectivity index (χ4v) is 3.40. The average molecular weight is 396 g/mol. The number of rotatable bonds is 6. The molecule has 0 heterocycles. The van der Waals surface area contributed by atoms with Crippen LogP contribution in [0.5, 0.6) is 11.5 Å². The smallest absolute Gasteiger partial charge is 0.228 e. The second-order valence-electron chi connectivity index (χ2n) is 8.29. The third kappa shape index (κ3) is 4.70. The fraction of sp³-hybridized carbons (Fsp3) is 0.391. The van der Waals surface area contributed by atoms with Crippen LogP contribution in [0.25, 0.3) is 0 Å². The molecule has 2 unspecified atom stereocenters. The van der Waals surface area contributed by atoms with Crippen molar-refractivity contribution in [3.05, 3.63) is 48.0 Å². The van der Waals surface area contributed by atoms with Crippen molar-refractivity contribution < 1.29 is 19.1 Å². The summed E-state index contributed by atoms with van der Waals surface area (Å²) in [5.41, 5.74) is 2.39. The van der Waals surface area contributed by atoms with Crippen LogP contribution in [-0.2, 0) is 15.0 Å². The average Bonchev–Trinajstić information content (AvgIpc) is 3.48. The highest BCUT2D eigenvalue weighted by Crippen LogP contribution is 2.41. The molecule has 154 valence electrons. The number of carbonyl (C=O) groups excluding carboxylic acids is 2. The van der Waals surface area contributed by atoms with E-state index in [1.165, 1.54) is 0 Å². The first-order valence-electron chi connectivity index (χ1n) is 9.68. The van der Waals surface area contributed by atoms with Gasteiger partial charge in [0.2, 0.25) is 11.8 Å². The first-order chi connectivity index (χ1) is 13.7. The van der Waals surface area contributed by atoms with Gasteiger partial charge in [0.15, 0.2) is 11.5 Å². The van der Waals surface area contributed by atoms with Crippen LogP contribution in [0, 0.1) is 11.8 Å². The third-order valence-electron chi connectivity index (χ3n) is 5.11. The minimum atomic E-state index is -0.329. The zero-order chi connectivity index (χ0) is 21.2. The minimum Gasteiger partial charge on any atom is -0.493 e. The van der Waals surface area contributed by atoms with Gasteiger partial charge < -0.3 is 20.1 Å². The fourth-order valence-electron chi connectivity index (χ4n) is 3.40. The lowest BCUT2D eigenvalue weighted by Crippen LogP contribution is -2.22. The van der Waals surface area contributed by atoms with Crippen molar-refractivity contribution in [1.82, 2.24) is 0 Å². The van der Waals surface area contributed by atoms with E-state index in [9.17, 15) is 9.59 Å². The van der Waals surface area contributed by atoms with E-state index in [2.05, 4.69) is 31.4 Å². The normalized spacial score (nSPS) is 18.0. The van der Waals surface area contributed by atoms with E-state index in [1.54, 1.807) is 32.4 Å². The lowest BCUT2D eigenvalue weighted by atomic mass is 9.86. The number of amides is 2. The summed E-state index contributed by atoms with van der Waals surface area (Å²) in [7, 11) is 3.10. The molecule has 0 aromatic heterocycles. The number of anilines is 2. The van der Waals surface area contributed by atoms with Crippen molar-refractivity contribution in [3.8, 4) is 11.5 Å². The monoisotopic (exact) mass is 396 g/mol. The predicted molar refractivity (Wildman–Crippen MR) is 114 cm³/mol. The molecule has 2 aromatic rings. The number of ether oxygens (including phenoxy) is 2. The number of para-hydroxylation sites is 1. The number of hydrogen-bond donors (Lipinski definition) is 2. The summed E-state index contributed by atoms with van der Waals surface area (Å²) in [4.78, 5) is 25.2. The first-order valence-corrected chi connectivity index (χ1v) is 9.68. The number of nitrogens with one attached hydrogen (secondary N) is 2. The van der Waals surface area contributed by atoms with E-state index in [-0.39, 0.29) is 29.1 Å². The largest absolute Gasteiger partial charge is 0.493 e. The molecular weight excluding hydrogens is 368 g/mol. The second-order valence-corrected chi connectivity index (χ2v) is 8.29. The van der Waals surface area contributed by atoms with Gasteiger partial charge in [-0.05, 0) is 35.6 Å². The zero-order valence-electron chi connectivity index (χ0n) is 17.5. The van der Waals surface area contributed by atoms with Crippen molar-refractivity contribution in [2.45, 2.75) is 32.6 Å². The Balaban J connectivity index is 1.62. The Morgan fingerprint density at radius 1 is 0.897 bits per heavy atom. The molecule has 2 amide bonds. The standard InChI is InChI=1S/C23H28N2O4/c1-23(2,3)17-8-6-7-9-18(17)25-22(27)16-13-15(16)21(26)24-14-10-11-19(28-4)20(12-14)29-5/h6-12,15-16H,13H2,1-5H3,(H,24,26)(H,25,27). The van der Waals surface area contributed by atoms with Crippen LogP contribution in [-0.4, -0.2) is 26.0 Å². The summed E-state index contributed by atoms with van der Waals surface area (Å²) < 4.78 is 10.5. The summed E-state index contributed by atoms with van der Waals surface area (Å²) in [6.07, 6.45) is 0.544. The Morgan fingerprint density at radius 2 is 1.52 bits per heavy atom. The van der Waals surface area contributed by atoms with Gasteiger partial charge >= 0.3 is 0 Å². The zero-order valence-corrected chi connectivity index (χ0v) is 17.5. The highest BCUT2D eigenvalue weighted by Gasteiger charge is 2.48. The molecule has 1 aliphatic carbocycles. The Hall–Kier alpha value is -3.02. The number of methoxy groups -OCH3 is 2. The summed E-state index contributed by atoms with van der Waals surface area (Å²) in [5.74, 6) is 0.199. The highest BCUT2D eigenvalue weighted by molar-refractivity contribution is 6.03. The summed E-state index contributed by atoms with van der Waals surface area (Å²) in [5, 5.41) is 5.87. The molecule has 1 saturated carbocycles. The van der Waals surface area contributed by atoms with Gasteiger partial charge in [-0.15, -0.1) is 0 Å². The highest BCUT2D eigenvalue weighted by atomic mass is 16.5. The van der Waals surface area contributed by atoms with E-state index in [4.69, 9.17) is 9.47 Å². The number of carbonyl (C=O) groups is 2. The molecule has 0 radical (unpaired) electrons. The van der Waals surface area contributed by atoms with Gasteiger partial charge in [-0.25, -0.2) is 0 Å². The van der Waals surface area contributed by atoms with E-state index < -0.39 is 0 Å². The molecule has 1 fully saturated rings. The predicted octanol–water partition coefficient (Wildman–Crippen LogP) is 4.21. The van der Waals surface area contributed by atoms with Gasteiger partial charge in [0.1, 0.15) is 0 Å². The van der Waals surface area contributed by atoms with E-state index in [1.807, 2.05) is 24.3 Å². The third-order valence-corrected chi connectivity index (χ3v) is 5.11. The quantitative estimate of drug-likeness (QED) is 0.767. The topological polar surface area (TPSA) is 76.7 Å². The molecule has 0 saturated heterocycles. The molecule has 1 aliphatic rings. The van der Waals surface area contributed by atoms with Gasteiger partial charge in [-0.3, -0.25) is 9.59 Å². The maximum absolute atomic E-state index is 12.7. The summed E-state index contributed by atoms with van der Waals surface area (Å²) in [6.45, 7) is 6.32. The van der Waals surface area contributed by atoms with E-state index in [0.29, 0.717) is 23.6 Å². The van der Waals surface area contributed by atoms with Crippen LogP contribution in [0.2, 0.25) is 0 Å². The van der Waals surface area contributed by atoms with Crippen LogP contribution in [0.3, 0.4) is 0 Å². The Bertz CT molecular complexity index is 917. The van der Waals surface area contributed by atoms with Gasteiger partial charge in [0.25, 0.3) is 0 Å². The van der Waals surface area contributed by atoms with E-state index >= 15 is 0 Å². The van der Waals surface area contributed by atoms with Crippen molar-refractivity contribution in [2.75, 3.05) is 24.9 Å². The molecule has 0 aliphatic heterocycles. The van der Waals surface area contributed by atoms with Crippen LogP contribution < -0.4 is 20.1 Å². The second kappa shape index (κ2) is 8.15. The minimum absolute atomic E-state index is 0.0857.